The van der Waals surface area contributed by atoms with Gasteiger partial charge in [0, 0.05) is 25.6 Å². The van der Waals surface area contributed by atoms with Crippen LogP contribution < -0.4 is 9.64 Å². The van der Waals surface area contributed by atoms with E-state index in [-0.39, 0.29) is 12.2 Å². The van der Waals surface area contributed by atoms with Gasteiger partial charge in [-0.2, -0.15) is 0 Å². The van der Waals surface area contributed by atoms with Gasteiger partial charge in [0.05, 0.1) is 24.0 Å². The van der Waals surface area contributed by atoms with Crippen LogP contribution in [-0.2, 0) is 11.2 Å². The van der Waals surface area contributed by atoms with Crippen LogP contribution in [0.4, 0.5) is 10.3 Å². The van der Waals surface area contributed by atoms with E-state index in [1.807, 2.05) is 0 Å². The number of aldehydes is 1. The quantitative estimate of drug-likeness (QED) is 0.598. The Morgan fingerprint density at radius 2 is 2.00 bits per heavy atom. The van der Waals surface area contributed by atoms with E-state index in [1.54, 1.807) is 24.5 Å². The first-order valence-electron chi connectivity index (χ1n) is 10.2. The molecule has 4 rings (SSSR count). The van der Waals surface area contributed by atoms with Gasteiger partial charge in [0.1, 0.15) is 17.9 Å². The van der Waals surface area contributed by atoms with E-state index in [2.05, 4.69) is 14.9 Å². The summed E-state index contributed by atoms with van der Waals surface area (Å²) in [6, 6.07) is 4.73. The molecule has 2 aromatic rings. The maximum atomic E-state index is 13.9. The number of piperidine rings is 1. The Bertz CT molecular complexity index is 840. The van der Waals surface area contributed by atoms with E-state index in [0.29, 0.717) is 35.1 Å². The van der Waals surface area contributed by atoms with Gasteiger partial charge in [0.2, 0.25) is 5.95 Å². The predicted molar refractivity (Wildman–Crippen MR) is 110 cm³/mol. The van der Waals surface area contributed by atoms with Crippen molar-refractivity contribution in [3.05, 3.63) is 47.0 Å². The van der Waals surface area contributed by atoms with Crippen molar-refractivity contribution in [2.75, 3.05) is 24.6 Å². The standard InChI is InChI=1S/C22H25ClFN3O2/c23-18-13-25-22(26-14-18)27-7-3-15(4-8-27)20-11-17(20)6-10-29-19-2-1-16(5-9-28)21(24)12-19/h1-2,9,12-15,17,20H,3-8,10-11H2. The van der Waals surface area contributed by atoms with Crippen molar-refractivity contribution in [3.63, 3.8) is 0 Å². The van der Waals surface area contributed by atoms with Crippen molar-refractivity contribution < 1.29 is 13.9 Å². The van der Waals surface area contributed by atoms with Crippen molar-refractivity contribution in [2.24, 2.45) is 17.8 Å². The number of benzene rings is 1. The fourth-order valence-electron chi connectivity index (χ4n) is 4.38. The highest BCUT2D eigenvalue weighted by molar-refractivity contribution is 6.30. The molecule has 1 aromatic carbocycles. The van der Waals surface area contributed by atoms with Gasteiger partial charge in [-0.3, -0.25) is 0 Å². The largest absolute Gasteiger partial charge is 0.493 e. The number of ether oxygens (including phenoxy) is 1. The average Bonchev–Trinajstić information content (AvgIpc) is 3.50. The molecule has 0 amide bonds. The van der Waals surface area contributed by atoms with Crippen molar-refractivity contribution in [2.45, 2.75) is 32.1 Å². The Balaban J connectivity index is 1.18. The zero-order valence-electron chi connectivity index (χ0n) is 16.3. The van der Waals surface area contributed by atoms with Crippen LogP contribution >= 0.6 is 11.6 Å². The SMILES string of the molecule is O=CCc1ccc(OCCC2CC2C2CCN(c3ncc(Cl)cn3)CC2)cc1F. The lowest BCUT2D eigenvalue weighted by Crippen LogP contribution is -2.35. The number of carbonyl (C=O) groups is 1. The van der Waals surface area contributed by atoms with Crippen LogP contribution in [0.3, 0.4) is 0 Å². The third-order valence-corrected chi connectivity index (χ3v) is 6.29. The fraction of sp³-hybridized carbons (Fsp3) is 0.500. The highest BCUT2D eigenvalue weighted by Crippen LogP contribution is 2.49. The molecule has 2 atom stereocenters. The second kappa shape index (κ2) is 9.08. The van der Waals surface area contributed by atoms with E-state index < -0.39 is 0 Å². The van der Waals surface area contributed by atoms with E-state index in [4.69, 9.17) is 16.3 Å². The summed E-state index contributed by atoms with van der Waals surface area (Å²) in [6.45, 7) is 2.57. The van der Waals surface area contributed by atoms with Gasteiger partial charge in [-0.1, -0.05) is 17.7 Å². The summed E-state index contributed by atoms with van der Waals surface area (Å²) in [6.07, 6.45) is 8.69. The summed E-state index contributed by atoms with van der Waals surface area (Å²) >= 11 is 5.86. The molecule has 0 N–H and O–H groups in total. The zero-order valence-corrected chi connectivity index (χ0v) is 17.0. The number of aromatic nitrogens is 2. The number of hydrogen-bond donors (Lipinski definition) is 0. The van der Waals surface area contributed by atoms with Crippen molar-refractivity contribution in [1.29, 1.82) is 0 Å². The molecule has 5 nitrogen and oxygen atoms in total. The molecule has 1 aliphatic heterocycles. The molecule has 7 heteroatoms. The van der Waals surface area contributed by atoms with Gasteiger partial charge < -0.3 is 14.4 Å². The topological polar surface area (TPSA) is 55.3 Å². The minimum absolute atomic E-state index is 0.0961. The van der Waals surface area contributed by atoms with E-state index >= 15 is 0 Å². The third-order valence-electron chi connectivity index (χ3n) is 6.10. The number of carbonyl (C=O) groups excluding carboxylic acids is 1. The molecule has 154 valence electrons. The lowest BCUT2D eigenvalue weighted by molar-refractivity contribution is -0.107. The zero-order chi connectivity index (χ0) is 20.2. The molecule has 0 radical (unpaired) electrons. The molecule has 2 heterocycles. The van der Waals surface area contributed by atoms with Crippen molar-refractivity contribution >= 4 is 23.8 Å². The van der Waals surface area contributed by atoms with Crippen LogP contribution in [0.25, 0.3) is 0 Å². The van der Waals surface area contributed by atoms with E-state index in [1.165, 1.54) is 12.5 Å². The Morgan fingerprint density at radius 3 is 2.69 bits per heavy atom. The number of halogens is 2. The molecule has 1 aliphatic carbocycles. The molecular formula is C22H25ClFN3O2. The lowest BCUT2D eigenvalue weighted by Gasteiger charge is -2.32. The number of rotatable bonds is 8. The molecule has 0 bridgehead atoms. The van der Waals surface area contributed by atoms with Gasteiger partial charge >= 0.3 is 0 Å². The summed E-state index contributed by atoms with van der Waals surface area (Å²) in [7, 11) is 0. The van der Waals surface area contributed by atoms with Crippen LogP contribution in [0.5, 0.6) is 5.75 Å². The minimum atomic E-state index is -0.379. The summed E-state index contributed by atoms with van der Waals surface area (Å²) < 4.78 is 19.6. The number of nitrogens with zero attached hydrogens (tertiary/aromatic N) is 3. The average molecular weight is 418 g/mol. The van der Waals surface area contributed by atoms with Crippen LogP contribution in [0.2, 0.25) is 5.02 Å². The van der Waals surface area contributed by atoms with Gasteiger partial charge in [-0.15, -0.1) is 0 Å². The summed E-state index contributed by atoms with van der Waals surface area (Å²) in [5, 5.41) is 0.561. The molecule has 2 aliphatic rings. The maximum absolute atomic E-state index is 13.9. The molecule has 2 unspecified atom stereocenters. The van der Waals surface area contributed by atoms with Gasteiger partial charge in [-0.25, -0.2) is 14.4 Å². The fourth-order valence-corrected chi connectivity index (χ4v) is 4.48. The monoisotopic (exact) mass is 417 g/mol. The predicted octanol–water partition coefficient (Wildman–Crippen LogP) is 4.33. The normalized spacial score (nSPS) is 21.8. The van der Waals surface area contributed by atoms with Crippen molar-refractivity contribution in [1.82, 2.24) is 9.97 Å². The second-order valence-electron chi connectivity index (χ2n) is 7.95. The summed E-state index contributed by atoms with van der Waals surface area (Å²) in [4.78, 5) is 21.4. The second-order valence-corrected chi connectivity index (χ2v) is 8.38. The van der Waals surface area contributed by atoms with Crippen molar-refractivity contribution in [3.8, 4) is 5.75 Å². The van der Waals surface area contributed by atoms with Gasteiger partial charge in [-0.05, 0) is 55.1 Å². The Kier molecular flexibility index (Phi) is 6.28. The number of hydrogen-bond acceptors (Lipinski definition) is 5. The highest BCUT2D eigenvalue weighted by Gasteiger charge is 2.43. The molecule has 1 saturated heterocycles. The highest BCUT2D eigenvalue weighted by atomic mass is 35.5. The number of anilines is 1. The summed E-state index contributed by atoms with van der Waals surface area (Å²) in [5.74, 6) is 3.15. The Labute approximate surface area is 175 Å². The van der Waals surface area contributed by atoms with Gasteiger partial charge in [0.25, 0.3) is 0 Å². The van der Waals surface area contributed by atoms with E-state index in [9.17, 15) is 9.18 Å². The van der Waals surface area contributed by atoms with Crippen LogP contribution in [0, 0.1) is 23.6 Å². The van der Waals surface area contributed by atoms with Crippen LogP contribution in [0.15, 0.2) is 30.6 Å². The molecular weight excluding hydrogens is 393 g/mol. The Morgan fingerprint density at radius 1 is 1.24 bits per heavy atom. The van der Waals surface area contributed by atoms with E-state index in [0.717, 1.165) is 50.1 Å². The molecule has 2 fully saturated rings. The first-order chi connectivity index (χ1) is 14.1. The molecule has 29 heavy (non-hydrogen) atoms. The lowest BCUT2D eigenvalue weighted by atomic mass is 9.90. The van der Waals surface area contributed by atoms with Gasteiger partial charge in [0.15, 0.2) is 0 Å². The Hall–Kier alpha value is -2.21. The molecule has 0 spiro atoms. The minimum Gasteiger partial charge on any atom is -0.493 e. The smallest absolute Gasteiger partial charge is 0.225 e. The van der Waals surface area contributed by atoms with Crippen LogP contribution in [-0.4, -0.2) is 36.0 Å². The van der Waals surface area contributed by atoms with Crippen LogP contribution in [0.1, 0.15) is 31.2 Å². The first kappa shape index (κ1) is 20.1. The maximum Gasteiger partial charge on any atom is 0.225 e. The third kappa shape index (κ3) is 5.04. The molecule has 1 saturated carbocycles. The summed E-state index contributed by atoms with van der Waals surface area (Å²) in [5.41, 5.74) is 0.407. The molecule has 1 aromatic heterocycles. The first-order valence-corrected chi connectivity index (χ1v) is 10.6.